The van der Waals surface area contributed by atoms with E-state index in [0.717, 1.165) is 34.0 Å². The zero-order chi connectivity index (χ0) is 19.8. The number of hydrogen-bond donors (Lipinski definition) is 0. The van der Waals surface area contributed by atoms with Crippen molar-refractivity contribution < 1.29 is 4.79 Å². The van der Waals surface area contributed by atoms with Crippen molar-refractivity contribution in [1.29, 1.82) is 0 Å². The molecule has 146 valence electrons. The molecule has 0 unspecified atom stereocenters. The Hall–Kier alpha value is -2.77. The van der Waals surface area contributed by atoms with Gasteiger partial charge < -0.3 is 9.80 Å². The second-order valence-corrected chi connectivity index (χ2v) is 9.00. The van der Waals surface area contributed by atoms with Crippen LogP contribution in [-0.4, -0.2) is 47.0 Å². The molecule has 1 fully saturated rings. The number of piperazine rings is 1. The molecule has 0 N–H and O–H groups in total. The maximum atomic E-state index is 12.6. The van der Waals surface area contributed by atoms with Crippen LogP contribution in [0.5, 0.6) is 0 Å². The second-order valence-electron chi connectivity index (χ2n) is 7.06. The summed E-state index contributed by atoms with van der Waals surface area (Å²) >= 11 is 3.22. The van der Waals surface area contributed by atoms with Gasteiger partial charge in [-0.15, -0.1) is 22.7 Å². The molecule has 0 saturated carbocycles. The summed E-state index contributed by atoms with van der Waals surface area (Å²) in [6.45, 7) is 5.12. The van der Waals surface area contributed by atoms with Gasteiger partial charge in [-0.1, -0.05) is 36.4 Å². The van der Waals surface area contributed by atoms with E-state index in [9.17, 15) is 4.79 Å². The number of carbonyl (C=O) groups excluding carboxylic acids is 1. The lowest BCUT2D eigenvalue weighted by molar-refractivity contribution is 0.0751. The van der Waals surface area contributed by atoms with Crippen molar-refractivity contribution in [1.82, 2.24) is 14.9 Å². The average Bonchev–Trinajstić information content (AvgIpc) is 3.43. The number of thiophene rings is 2. The first-order valence-corrected chi connectivity index (χ1v) is 11.3. The molecular formula is C22H20N4OS2. The van der Waals surface area contributed by atoms with Gasteiger partial charge in [-0.05, 0) is 29.5 Å². The van der Waals surface area contributed by atoms with Crippen LogP contribution in [0, 0.1) is 6.92 Å². The summed E-state index contributed by atoms with van der Waals surface area (Å²) in [5.74, 6) is 1.11. The Labute approximate surface area is 177 Å². The lowest BCUT2D eigenvalue weighted by Gasteiger charge is -2.35. The number of carbonyl (C=O) groups is 1. The van der Waals surface area contributed by atoms with Crippen molar-refractivity contribution in [3.8, 4) is 10.4 Å². The van der Waals surface area contributed by atoms with Gasteiger partial charge in [0.05, 0.1) is 10.3 Å². The first-order chi connectivity index (χ1) is 14.2. The molecule has 4 heterocycles. The molecule has 7 heteroatoms. The van der Waals surface area contributed by atoms with E-state index in [4.69, 9.17) is 0 Å². The second kappa shape index (κ2) is 7.57. The third-order valence-electron chi connectivity index (χ3n) is 5.34. The fraction of sp³-hybridized carbons (Fsp3) is 0.227. The zero-order valence-electron chi connectivity index (χ0n) is 16.0. The lowest BCUT2D eigenvalue weighted by atomic mass is 10.1. The number of fused-ring (bicyclic) bond motifs is 1. The van der Waals surface area contributed by atoms with Crippen LogP contribution < -0.4 is 4.90 Å². The van der Waals surface area contributed by atoms with Crippen LogP contribution in [-0.2, 0) is 0 Å². The van der Waals surface area contributed by atoms with Gasteiger partial charge >= 0.3 is 0 Å². The van der Waals surface area contributed by atoms with Gasteiger partial charge in [0.1, 0.15) is 17.0 Å². The monoisotopic (exact) mass is 420 g/mol. The van der Waals surface area contributed by atoms with Crippen LogP contribution >= 0.6 is 22.7 Å². The Balaban J connectivity index is 1.43. The zero-order valence-corrected chi connectivity index (χ0v) is 17.7. The van der Waals surface area contributed by atoms with Crippen molar-refractivity contribution in [3.05, 3.63) is 64.6 Å². The highest BCUT2D eigenvalue weighted by Gasteiger charge is 2.26. The quantitative estimate of drug-likeness (QED) is 0.482. The molecule has 5 rings (SSSR count). The number of aryl methyl sites for hydroxylation is 1. The summed E-state index contributed by atoms with van der Waals surface area (Å²) in [5, 5.41) is 3.08. The molecule has 1 amide bonds. The standard InChI is InChI=1S/C22H20N4OS2/c1-15-18-20(23-14-24-21(18)29-19(15)16-6-3-2-4-7-16)25-9-11-26(12-10-25)22(27)17-8-5-13-28-17/h2-8,13-14H,9-12H2,1H3. The first-order valence-electron chi connectivity index (χ1n) is 9.59. The van der Waals surface area contributed by atoms with Crippen LogP contribution in [0.2, 0.25) is 0 Å². The highest BCUT2D eigenvalue weighted by molar-refractivity contribution is 7.22. The Morgan fingerprint density at radius 3 is 2.52 bits per heavy atom. The molecule has 5 nitrogen and oxygen atoms in total. The van der Waals surface area contributed by atoms with E-state index in [0.29, 0.717) is 13.1 Å². The topological polar surface area (TPSA) is 49.3 Å². The number of amides is 1. The number of benzene rings is 1. The molecule has 0 spiro atoms. The first kappa shape index (κ1) is 18.3. The van der Waals surface area contributed by atoms with Crippen LogP contribution in [0.1, 0.15) is 15.2 Å². The minimum Gasteiger partial charge on any atom is -0.352 e. The number of nitrogens with zero attached hydrogens (tertiary/aromatic N) is 4. The van der Waals surface area contributed by atoms with Gasteiger partial charge in [0, 0.05) is 31.1 Å². The Bertz CT molecular complexity index is 1150. The van der Waals surface area contributed by atoms with E-state index in [1.165, 1.54) is 27.3 Å². The molecule has 1 aliphatic heterocycles. The average molecular weight is 421 g/mol. The SMILES string of the molecule is Cc1c(-c2ccccc2)sc2ncnc(N3CCN(C(=O)c4cccs4)CC3)c12. The van der Waals surface area contributed by atoms with Gasteiger partial charge in [-0.25, -0.2) is 9.97 Å². The number of rotatable bonds is 3. The fourth-order valence-corrected chi connectivity index (χ4v) is 5.67. The van der Waals surface area contributed by atoms with Crippen molar-refractivity contribution in [3.63, 3.8) is 0 Å². The van der Waals surface area contributed by atoms with Gasteiger partial charge in [0.25, 0.3) is 5.91 Å². The predicted octanol–water partition coefficient (Wildman–Crippen LogP) is 4.69. The highest BCUT2D eigenvalue weighted by atomic mass is 32.1. The molecule has 1 saturated heterocycles. The van der Waals surface area contributed by atoms with E-state index in [1.54, 1.807) is 17.7 Å². The maximum Gasteiger partial charge on any atom is 0.264 e. The molecule has 1 aliphatic rings. The number of hydrogen-bond acceptors (Lipinski definition) is 6. The van der Waals surface area contributed by atoms with Crippen LogP contribution in [0.4, 0.5) is 5.82 Å². The van der Waals surface area contributed by atoms with Crippen molar-refractivity contribution in [2.24, 2.45) is 0 Å². The molecule has 0 aliphatic carbocycles. The predicted molar refractivity (Wildman–Crippen MR) is 120 cm³/mol. The molecule has 0 atom stereocenters. The van der Waals surface area contributed by atoms with Gasteiger partial charge in [0.15, 0.2) is 0 Å². The van der Waals surface area contributed by atoms with E-state index in [2.05, 4.69) is 46.1 Å². The van der Waals surface area contributed by atoms with Gasteiger partial charge in [0.2, 0.25) is 0 Å². The summed E-state index contributed by atoms with van der Waals surface area (Å²) in [6.07, 6.45) is 1.66. The Morgan fingerprint density at radius 2 is 1.79 bits per heavy atom. The smallest absolute Gasteiger partial charge is 0.264 e. The van der Waals surface area contributed by atoms with Crippen molar-refractivity contribution in [2.45, 2.75) is 6.92 Å². The minimum atomic E-state index is 0.130. The Morgan fingerprint density at radius 1 is 1.00 bits per heavy atom. The summed E-state index contributed by atoms with van der Waals surface area (Å²) < 4.78 is 0. The Kier molecular flexibility index (Phi) is 4.77. The summed E-state index contributed by atoms with van der Waals surface area (Å²) in [4.78, 5) is 29.1. The van der Waals surface area contributed by atoms with E-state index in [1.807, 2.05) is 28.5 Å². The maximum absolute atomic E-state index is 12.6. The summed E-state index contributed by atoms with van der Waals surface area (Å²) in [5.41, 5.74) is 2.44. The fourth-order valence-electron chi connectivity index (χ4n) is 3.84. The van der Waals surface area contributed by atoms with E-state index < -0.39 is 0 Å². The highest BCUT2D eigenvalue weighted by Crippen LogP contribution is 2.40. The summed E-state index contributed by atoms with van der Waals surface area (Å²) in [6, 6.07) is 14.3. The third kappa shape index (κ3) is 3.30. The van der Waals surface area contributed by atoms with Gasteiger partial charge in [-0.3, -0.25) is 4.79 Å². The molecule has 0 bridgehead atoms. The van der Waals surface area contributed by atoms with Crippen LogP contribution in [0.25, 0.3) is 20.7 Å². The van der Waals surface area contributed by atoms with Crippen LogP contribution in [0.15, 0.2) is 54.2 Å². The van der Waals surface area contributed by atoms with Crippen molar-refractivity contribution >= 4 is 44.6 Å². The number of aromatic nitrogens is 2. The van der Waals surface area contributed by atoms with Crippen LogP contribution in [0.3, 0.4) is 0 Å². The lowest BCUT2D eigenvalue weighted by Crippen LogP contribution is -2.49. The molecule has 0 radical (unpaired) electrons. The molecule has 4 aromatic rings. The molecule has 1 aromatic carbocycles. The van der Waals surface area contributed by atoms with E-state index >= 15 is 0 Å². The van der Waals surface area contributed by atoms with E-state index in [-0.39, 0.29) is 5.91 Å². The van der Waals surface area contributed by atoms with Gasteiger partial charge in [-0.2, -0.15) is 0 Å². The number of anilines is 1. The summed E-state index contributed by atoms with van der Waals surface area (Å²) in [7, 11) is 0. The third-order valence-corrected chi connectivity index (χ3v) is 7.45. The van der Waals surface area contributed by atoms with Crippen molar-refractivity contribution in [2.75, 3.05) is 31.1 Å². The molecule has 29 heavy (non-hydrogen) atoms. The minimum absolute atomic E-state index is 0.130. The molecule has 3 aromatic heterocycles. The largest absolute Gasteiger partial charge is 0.352 e. The normalized spacial score (nSPS) is 14.5. The molecular weight excluding hydrogens is 400 g/mol.